The van der Waals surface area contributed by atoms with Crippen molar-refractivity contribution in [1.29, 1.82) is 0 Å². The second-order valence-electron chi connectivity index (χ2n) is 3.68. The maximum Gasteiger partial charge on any atom is 0.0900 e. The molecule has 0 amide bonds. The highest BCUT2D eigenvalue weighted by molar-refractivity contribution is 7.11. The van der Waals surface area contributed by atoms with Crippen molar-refractivity contribution < 1.29 is 4.74 Å². The Bertz CT molecular complexity index is 320. The van der Waals surface area contributed by atoms with Crippen LogP contribution >= 0.6 is 11.3 Å². The largest absolute Gasteiger partial charge is 0.379 e. The fourth-order valence-electron chi connectivity index (χ4n) is 1.64. The molecule has 84 valence electrons. The minimum atomic E-state index is 0.827. The third kappa shape index (κ3) is 2.98. The van der Waals surface area contributed by atoms with E-state index < -0.39 is 0 Å². The summed E-state index contributed by atoms with van der Waals surface area (Å²) in [5.41, 5.74) is 4.57. The first-order valence-corrected chi connectivity index (χ1v) is 6.06. The minimum absolute atomic E-state index is 0.827. The fourth-order valence-corrected chi connectivity index (χ4v) is 2.51. The van der Waals surface area contributed by atoms with Crippen LogP contribution < -0.4 is 5.43 Å². The Morgan fingerprint density at radius 3 is 2.73 bits per heavy atom. The summed E-state index contributed by atoms with van der Waals surface area (Å²) in [6, 6.07) is 0. The summed E-state index contributed by atoms with van der Waals surface area (Å²) >= 11 is 1.77. The highest BCUT2D eigenvalue weighted by Crippen LogP contribution is 2.16. The number of hydrogen-bond acceptors (Lipinski definition) is 5. The predicted molar refractivity (Wildman–Crippen MR) is 60.8 cm³/mol. The van der Waals surface area contributed by atoms with Gasteiger partial charge in [0, 0.05) is 24.5 Å². The summed E-state index contributed by atoms with van der Waals surface area (Å²) in [4.78, 5) is 5.74. The van der Waals surface area contributed by atoms with E-state index >= 15 is 0 Å². The Morgan fingerprint density at radius 1 is 1.40 bits per heavy atom. The van der Waals surface area contributed by atoms with Crippen LogP contribution in [0.5, 0.6) is 0 Å². The van der Waals surface area contributed by atoms with Gasteiger partial charge in [-0.1, -0.05) is 0 Å². The second-order valence-corrected chi connectivity index (χ2v) is 4.96. The number of aryl methyl sites for hydroxylation is 2. The fraction of sp³-hybridized carbons (Fsp3) is 0.700. The SMILES string of the molecule is Cc1nc(C)c(CNN2CCOCC2)s1. The van der Waals surface area contributed by atoms with Crippen molar-refractivity contribution in [2.24, 2.45) is 0 Å². The Hall–Kier alpha value is -0.490. The Labute approximate surface area is 94.2 Å². The van der Waals surface area contributed by atoms with Gasteiger partial charge in [0.2, 0.25) is 0 Å². The number of thiazole rings is 1. The van der Waals surface area contributed by atoms with Crippen LogP contribution in [0.15, 0.2) is 0 Å². The van der Waals surface area contributed by atoms with Gasteiger partial charge in [-0.25, -0.2) is 15.4 Å². The standard InChI is InChI=1S/C10H17N3OS/c1-8-10(15-9(2)12-8)7-11-13-3-5-14-6-4-13/h11H,3-7H2,1-2H3. The molecule has 1 aliphatic heterocycles. The van der Waals surface area contributed by atoms with Crippen LogP contribution in [0.25, 0.3) is 0 Å². The predicted octanol–water partition coefficient (Wildman–Crippen LogP) is 1.10. The molecule has 1 aliphatic rings. The van der Waals surface area contributed by atoms with Gasteiger partial charge in [0.15, 0.2) is 0 Å². The first-order chi connectivity index (χ1) is 7.25. The van der Waals surface area contributed by atoms with Crippen molar-refractivity contribution in [3.8, 4) is 0 Å². The van der Waals surface area contributed by atoms with E-state index in [9.17, 15) is 0 Å². The minimum Gasteiger partial charge on any atom is -0.379 e. The highest BCUT2D eigenvalue weighted by Gasteiger charge is 2.11. The van der Waals surface area contributed by atoms with E-state index in [1.807, 2.05) is 0 Å². The lowest BCUT2D eigenvalue weighted by molar-refractivity contribution is 0.0107. The number of aromatic nitrogens is 1. The van der Waals surface area contributed by atoms with E-state index in [4.69, 9.17) is 4.74 Å². The molecular formula is C10H17N3OS. The van der Waals surface area contributed by atoms with Crippen LogP contribution in [0.2, 0.25) is 0 Å². The lowest BCUT2D eigenvalue weighted by atomic mass is 10.4. The molecule has 4 nitrogen and oxygen atoms in total. The van der Waals surface area contributed by atoms with Crippen LogP contribution in [0.3, 0.4) is 0 Å². The first kappa shape index (κ1) is 11.0. The van der Waals surface area contributed by atoms with Crippen LogP contribution in [0, 0.1) is 13.8 Å². The third-order valence-electron chi connectivity index (χ3n) is 2.47. The number of hydrazine groups is 1. The summed E-state index contributed by atoms with van der Waals surface area (Å²) in [6.45, 7) is 8.60. The molecule has 0 radical (unpaired) electrons. The molecule has 1 N–H and O–H groups in total. The summed E-state index contributed by atoms with van der Waals surface area (Å²) in [6.07, 6.45) is 0. The lowest BCUT2D eigenvalue weighted by Gasteiger charge is -2.27. The van der Waals surface area contributed by atoms with Crippen molar-refractivity contribution in [1.82, 2.24) is 15.4 Å². The molecule has 0 unspecified atom stereocenters. The molecule has 0 bridgehead atoms. The van der Waals surface area contributed by atoms with Gasteiger partial charge in [0.1, 0.15) is 0 Å². The van der Waals surface area contributed by atoms with Crippen LogP contribution in [0.4, 0.5) is 0 Å². The number of nitrogens with zero attached hydrogens (tertiary/aromatic N) is 2. The first-order valence-electron chi connectivity index (χ1n) is 5.25. The van der Waals surface area contributed by atoms with Gasteiger partial charge in [0.05, 0.1) is 23.9 Å². The Balaban J connectivity index is 1.84. The number of nitrogens with one attached hydrogen (secondary N) is 1. The third-order valence-corrected chi connectivity index (χ3v) is 3.55. The van der Waals surface area contributed by atoms with E-state index in [0.29, 0.717) is 0 Å². The van der Waals surface area contributed by atoms with E-state index in [-0.39, 0.29) is 0 Å². The number of rotatable bonds is 3. The molecule has 0 aromatic carbocycles. The molecule has 1 saturated heterocycles. The van der Waals surface area contributed by atoms with Crippen molar-refractivity contribution in [3.05, 3.63) is 15.6 Å². The Morgan fingerprint density at radius 2 is 2.13 bits per heavy atom. The van der Waals surface area contributed by atoms with Gasteiger partial charge < -0.3 is 4.74 Å². The molecule has 0 spiro atoms. The van der Waals surface area contributed by atoms with Crippen LogP contribution in [-0.4, -0.2) is 36.3 Å². The van der Waals surface area contributed by atoms with Crippen LogP contribution in [-0.2, 0) is 11.3 Å². The lowest BCUT2D eigenvalue weighted by Crippen LogP contribution is -2.45. The zero-order valence-corrected chi connectivity index (χ0v) is 10.1. The van der Waals surface area contributed by atoms with Gasteiger partial charge in [-0.15, -0.1) is 11.3 Å². The molecule has 0 saturated carbocycles. The Kier molecular flexibility index (Phi) is 3.69. The molecule has 2 heterocycles. The van der Waals surface area contributed by atoms with Gasteiger partial charge >= 0.3 is 0 Å². The van der Waals surface area contributed by atoms with Crippen molar-refractivity contribution in [2.75, 3.05) is 26.3 Å². The topological polar surface area (TPSA) is 37.4 Å². The number of hydrogen-bond donors (Lipinski definition) is 1. The van der Waals surface area contributed by atoms with Crippen LogP contribution in [0.1, 0.15) is 15.6 Å². The molecule has 0 atom stereocenters. The molecule has 1 aromatic heterocycles. The average molecular weight is 227 g/mol. The van der Waals surface area contributed by atoms with E-state index in [1.165, 1.54) is 4.88 Å². The summed E-state index contributed by atoms with van der Waals surface area (Å²) in [5.74, 6) is 0. The molecule has 1 fully saturated rings. The monoisotopic (exact) mass is 227 g/mol. The van der Waals surface area contributed by atoms with E-state index in [1.54, 1.807) is 11.3 Å². The van der Waals surface area contributed by atoms with E-state index in [0.717, 1.165) is 43.5 Å². The maximum atomic E-state index is 5.29. The molecule has 0 aliphatic carbocycles. The highest BCUT2D eigenvalue weighted by atomic mass is 32.1. The van der Waals surface area contributed by atoms with Gasteiger partial charge in [-0.3, -0.25) is 0 Å². The average Bonchev–Trinajstić information content (AvgIpc) is 2.56. The zero-order chi connectivity index (χ0) is 10.7. The molecule has 15 heavy (non-hydrogen) atoms. The molecule has 5 heteroatoms. The normalized spacial score (nSPS) is 18.3. The van der Waals surface area contributed by atoms with Crippen molar-refractivity contribution in [3.63, 3.8) is 0 Å². The van der Waals surface area contributed by atoms with Gasteiger partial charge in [-0.2, -0.15) is 0 Å². The maximum absolute atomic E-state index is 5.29. The summed E-state index contributed by atoms with van der Waals surface area (Å²) < 4.78 is 5.29. The quantitative estimate of drug-likeness (QED) is 0.839. The second kappa shape index (κ2) is 5.03. The summed E-state index contributed by atoms with van der Waals surface area (Å²) in [7, 11) is 0. The molecule has 2 rings (SSSR count). The summed E-state index contributed by atoms with van der Waals surface area (Å²) in [5, 5.41) is 3.36. The number of ether oxygens (including phenoxy) is 1. The molecule has 1 aromatic rings. The van der Waals surface area contributed by atoms with Crippen molar-refractivity contribution in [2.45, 2.75) is 20.4 Å². The van der Waals surface area contributed by atoms with E-state index in [2.05, 4.69) is 29.3 Å². The zero-order valence-electron chi connectivity index (χ0n) is 9.25. The van der Waals surface area contributed by atoms with Crippen molar-refractivity contribution >= 4 is 11.3 Å². The number of morpholine rings is 1. The molecular weight excluding hydrogens is 210 g/mol. The smallest absolute Gasteiger partial charge is 0.0900 e. The van der Waals surface area contributed by atoms with Gasteiger partial charge in [0.25, 0.3) is 0 Å². The van der Waals surface area contributed by atoms with Gasteiger partial charge in [-0.05, 0) is 13.8 Å².